The van der Waals surface area contributed by atoms with Gasteiger partial charge in [-0.2, -0.15) is 5.10 Å². The van der Waals surface area contributed by atoms with Crippen LogP contribution in [0, 0.1) is 6.92 Å². The van der Waals surface area contributed by atoms with E-state index in [4.69, 9.17) is 4.74 Å². The number of ether oxygens (including phenoxy) is 1. The van der Waals surface area contributed by atoms with Crippen molar-refractivity contribution in [2.75, 3.05) is 10.8 Å². The van der Waals surface area contributed by atoms with E-state index in [1.807, 2.05) is 39.0 Å². The van der Waals surface area contributed by atoms with Crippen molar-refractivity contribution in [3.8, 4) is 5.75 Å². The minimum absolute atomic E-state index is 0.203. The molecule has 0 radical (unpaired) electrons. The SMILES string of the molecule is CCn1cc(S(=O)(=O)N2CC(C)Oc3ccc(C)cc32)cn1. The summed E-state index contributed by atoms with van der Waals surface area (Å²) in [6, 6.07) is 5.57. The van der Waals surface area contributed by atoms with Gasteiger partial charge in [0.25, 0.3) is 10.0 Å². The summed E-state index contributed by atoms with van der Waals surface area (Å²) in [5.41, 5.74) is 1.57. The third-order valence-electron chi connectivity index (χ3n) is 3.66. The van der Waals surface area contributed by atoms with Gasteiger partial charge in [-0.3, -0.25) is 8.99 Å². The quantitative estimate of drug-likeness (QED) is 0.869. The van der Waals surface area contributed by atoms with Gasteiger partial charge >= 0.3 is 0 Å². The topological polar surface area (TPSA) is 64.4 Å². The zero-order chi connectivity index (χ0) is 15.9. The van der Waals surface area contributed by atoms with Crippen molar-refractivity contribution in [2.45, 2.75) is 38.3 Å². The van der Waals surface area contributed by atoms with Gasteiger partial charge in [0.2, 0.25) is 0 Å². The number of nitrogens with zero attached hydrogens (tertiary/aromatic N) is 3. The van der Waals surface area contributed by atoms with Crippen LogP contribution in [0.1, 0.15) is 19.4 Å². The van der Waals surface area contributed by atoms with Gasteiger partial charge in [0, 0.05) is 12.7 Å². The van der Waals surface area contributed by atoms with Crippen molar-refractivity contribution < 1.29 is 13.2 Å². The summed E-state index contributed by atoms with van der Waals surface area (Å²) in [7, 11) is -3.64. The van der Waals surface area contributed by atoms with Crippen LogP contribution in [0.4, 0.5) is 5.69 Å². The summed E-state index contributed by atoms with van der Waals surface area (Å²) < 4.78 is 34.7. The fourth-order valence-electron chi connectivity index (χ4n) is 2.51. The Morgan fingerprint density at radius 1 is 1.41 bits per heavy atom. The molecule has 3 rings (SSSR count). The summed E-state index contributed by atoms with van der Waals surface area (Å²) >= 11 is 0. The lowest BCUT2D eigenvalue weighted by Crippen LogP contribution is -2.42. The van der Waals surface area contributed by atoms with E-state index in [9.17, 15) is 8.42 Å². The molecule has 1 aromatic heterocycles. The minimum Gasteiger partial charge on any atom is -0.487 e. The average Bonchev–Trinajstić information content (AvgIpc) is 2.96. The Morgan fingerprint density at radius 2 is 2.18 bits per heavy atom. The number of benzene rings is 1. The molecule has 0 spiro atoms. The Hall–Kier alpha value is -2.02. The molecule has 1 unspecified atom stereocenters. The third-order valence-corrected chi connectivity index (χ3v) is 5.39. The van der Waals surface area contributed by atoms with Gasteiger partial charge in [0.05, 0.1) is 18.4 Å². The Balaban J connectivity index is 2.09. The molecule has 118 valence electrons. The molecule has 0 saturated carbocycles. The van der Waals surface area contributed by atoms with E-state index in [0.29, 0.717) is 18.0 Å². The number of hydrogen-bond donors (Lipinski definition) is 0. The number of aromatic nitrogens is 2. The van der Waals surface area contributed by atoms with E-state index in [2.05, 4.69) is 5.10 Å². The normalized spacial score (nSPS) is 18.0. The maximum Gasteiger partial charge on any atom is 0.267 e. The van der Waals surface area contributed by atoms with Crippen molar-refractivity contribution >= 4 is 15.7 Å². The van der Waals surface area contributed by atoms with Gasteiger partial charge in [-0.05, 0) is 38.5 Å². The summed E-state index contributed by atoms with van der Waals surface area (Å²) in [5, 5.41) is 4.07. The van der Waals surface area contributed by atoms with Gasteiger partial charge in [-0.15, -0.1) is 0 Å². The first-order valence-electron chi connectivity index (χ1n) is 7.24. The van der Waals surface area contributed by atoms with Crippen LogP contribution in [0.15, 0.2) is 35.5 Å². The first kappa shape index (κ1) is 14.9. The Bertz CT molecular complexity index is 798. The fourth-order valence-corrected chi connectivity index (χ4v) is 4.01. The molecular weight excluding hydrogens is 302 g/mol. The van der Waals surface area contributed by atoms with Crippen molar-refractivity contribution in [1.29, 1.82) is 0 Å². The monoisotopic (exact) mass is 321 g/mol. The van der Waals surface area contributed by atoms with Crippen LogP contribution in [0.25, 0.3) is 0 Å². The number of fused-ring (bicyclic) bond motifs is 1. The molecular formula is C15H19N3O3S. The second kappa shape index (κ2) is 5.31. The highest BCUT2D eigenvalue weighted by atomic mass is 32.2. The van der Waals surface area contributed by atoms with E-state index >= 15 is 0 Å². The molecule has 6 nitrogen and oxygen atoms in total. The molecule has 1 aliphatic rings. The van der Waals surface area contributed by atoms with Gasteiger partial charge in [-0.1, -0.05) is 6.07 Å². The summed E-state index contributed by atoms with van der Waals surface area (Å²) in [6.45, 7) is 6.62. The molecule has 0 bridgehead atoms. The van der Waals surface area contributed by atoms with Crippen LogP contribution in [0.2, 0.25) is 0 Å². The summed E-state index contributed by atoms with van der Waals surface area (Å²) in [4.78, 5) is 0.205. The maximum atomic E-state index is 13.0. The molecule has 0 N–H and O–H groups in total. The number of anilines is 1. The van der Waals surface area contributed by atoms with Crippen LogP contribution >= 0.6 is 0 Å². The van der Waals surface area contributed by atoms with Crippen molar-refractivity contribution in [1.82, 2.24) is 9.78 Å². The van der Waals surface area contributed by atoms with Crippen LogP contribution in [0.3, 0.4) is 0 Å². The first-order valence-corrected chi connectivity index (χ1v) is 8.68. The van der Waals surface area contributed by atoms with E-state index in [0.717, 1.165) is 5.56 Å². The predicted octanol–water partition coefficient (Wildman–Crippen LogP) is 2.19. The van der Waals surface area contributed by atoms with E-state index in [1.165, 1.54) is 10.5 Å². The second-order valence-corrected chi connectivity index (χ2v) is 7.33. The zero-order valence-corrected chi connectivity index (χ0v) is 13.7. The van der Waals surface area contributed by atoms with Crippen LogP contribution in [-0.4, -0.2) is 30.8 Å². The third kappa shape index (κ3) is 2.45. The number of aryl methyl sites for hydroxylation is 2. The van der Waals surface area contributed by atoms with Crippen LogP contribution in [-0.2, 0) is 16.6 Å². The van der Waals surface area contributed by atoms with E-state index in [1.54, 1.807) is 10.9 Å². The standard InChI is InChI=1S/C15H19N3O3S/c1-4-17-10-13(8-16-17)22(19,20)18-9-12(3)21-15-6-5-11(2)7-14(15)18/h5-8,10,12H,4,9H2,1-3H3. The summed E-state index contributed by atoms with van der Waals surface area (Å²) in [5.74, 6) is 0.593. The first-order chi connectivity index (χ1) is 10.4. The van der Waals surface area contributed by atoms with Gasteiger partial charge in [0.1, 0.15) is 16.7 Å². The Morgan fingerprint density at radius 3 is 2.86 bits per heavy atom. The molecule has 1 atom stereocenters. The van der Waals surface area contributed by atoms with Crippen molar-refractivity contribution in [3.05, 3.63) is 36.2 Å². The molecule has 22 heavy (non-hydrogen) atoms. The number of sulfonamides is 1. The molecule has 0 fully saturated rings. The lowest BCUT2D eigenvalue weighted by molar-refractivity contribution is 0.219. The molecule has 2 aromatic rings. The highest BCUT2D eigenvalue weighted by Gasteiger charge is 2.33. The highest BCUT2D eigenvalue weighted by molar-refractivity contribution is 7.92. The summed E-state index contributed by atoms with van der Waals surface area (Å²) in [6.07, 6.45) is 2.76. The maximum absolute atomic E-state index is 13.0. The van der Waals surface area contributed by atoms with E-state index < -0.39 is 10.0 Å². The number of rotatable bonds is 3. The molecule has 2 heterocycles. The number of hydrogen-bond acceptors (Lipinski definition) is 4. The smallest absolute Gasteiger partial charge is 0.267 e. The van der Waals surface area contributed by atoms with Crippen LogP contribution < -0.4 is 9.04 Å². The second-order valence-electron chi connectivity index (χ2n) is 5.47. The lowest BCUT2D eigenvalue weighted by Gasteiger charge is -2.34. The minimum atomic E-state index is -3.64. The van der Waals surface area contributed by atoms with Gasteiger partial charge in [0.15, 0.2) is 0 Å². The highest BCUT2D eigenvalue weighted by Crippen LogP contribution is 2.37. The molecule has 7 heteroatoms. The fraction of sp³-hybridized carbons (Fsp3) is 0.400. The van der Waals surface area contributed by atoms with Gasteiger partial charge in [-0.25, -0.2) is 8.42 Å². The molecule has 0 aliphatic carbocycles. The average molecular weight is 321 g/mol. The van der Waals surface area contributed by atoms with Crippen LogP contribution in [0.5, 0.6) is 5.75 Å². The molecule has 0 amide bonds. The molecule has 1 aliphatic heterocycles. The lowest BCUT2D eigenvalue weighted by atomic mass is 10.2. The van der Waals surface area contributed by atoms with Crippen molar-refractivity contribution in [2.24, 2.45) is 0 Å². The van der Waals surface area contributed by atoms with Crippen molar-refractivity contribution in [3.63, 3.8) is 0 Å². The van der Waals surface area contributed by atoms with E-state index in [-0.39, 0.29) is 17.5 Å². The molecule has 0 saturated heterocycles. The van der Waals surface area contributed by atoms with Gasteiger partial charge < -0.3 is 4.74 Å². The Kier molecular flexibility index (Phi) is 3.60. The largest absolute Gasteiger partial charge is 0.487 e. The Labute approximate surface area is 130 Å². The molecule has 1 aromatic carbocycles. The predicted molar refractivity (Wildman–Crippen MR) is 83.7 cm³/mol. The zero-order valence-electron chi connectivity index (χ0n) is 12.9.